The summed E-state index contributed by atoms with van der Waals surface area (Å²) in [5.74, 6) is 0.280. The summed E-state index contributed by atoms with van der Waals surface area (Å²) in [5, 5.41) is 11.9. The number of carbonyl (C=O) groups is 1. The second-order valence-corrected chi connectivity index (χ2v) is 4.30. The van der Waals surface area contributed by atoms with Crippen molar-refractivity contribution in [2.24, 2.45) is 0 Å². The number of esters is 1. The second kappa shape index (κ2) is 5.49. The number of methoxy groups -OCH3 is 1. The monoisotopic (exact) mass is 278 g/mol. The summed E-state index contributed by atoms with van der Waals surface area (Å²) >= 11 is 1.24. The van der Waals surface area contributed by atoms with Crippen LogP contribution in [0.2, 0.25) is 0 Å². The number of furan rings is 1. The van der Waals surface area contributed by atoms with Gasteiger partial charge in [-0.3, -0.25) is 10.1 Å². The van der Waals surface area contributed by atoms with Crippen LogP contribution in [0.5, 0.6) is 0 Å². The molecule has 0 unspecified atom stereocenters. The van der Waals surface area contributed by atoms with E-state index in [1.54, 1.807) is 23.6 Å². The van der Waals surface area contributed by atoms with Crippen molar-refractivity contribution in [3.8, 4) is 11.3 Å². The Hall–Kier alpha value is -2.41. The van der Waals surface area contributed by atoms with Gasteiger partial charge in [0.25, 0.3) is 0 Å². The Bertz CT molecular complexity index is 640. The van der Waals surface area contributed by atoms with Crippen molar-refractivity contribution in [1.29, 1.82) is 0 Å². The van der Waals surface area contributed by atoms with Crippen molar-refractivity contribution in [3.63, 3.8) is 0 Å². The predicted octanol–water partition coefficient (Wildman–Crippen LogP) is 2.85. The topological polar surface area (TPSA) is 82.6 Å². The molecule has 2 aromatic heterocycles. The molecule has 98 valence electrons. The van der Waals surface area contributed by atoms with Crippen LogP contribution in [-0.4, -0.2) is 18.0 Å². The van der Waals surface area contributed by atoms with E-state index < -0.39 is 10.9 Å². The molecule has 2 aromatic rings. The molecular formula is C12H8NO5S-. The minimum atomic E-state index is -0.702. The van der Waals surface area contributed by atoms with E-state index in [9.17, 15) is 14.9 Å². The van der Waals surface area contributed by atoms with Gasteiger partial charge in [-0.1, -0.05) is 6.07 Å². The quantitative estimate of drug-likeness (QED) is 0.282. The SMILES string of the molecule is COC(=O)c1sccc1-c1ccc(C=[C-][N+](=O)[O-])o1. The average Bonchev–Trinajstić information content (AvgIpc) is 3.03. The maximum atomic E-state index is 11.5. The van der Waals surface area contributed by atoms with Crippen molar-refractivity contribution < 1.29 is 18.9 Å². The first-order valence-corrected chi connectivity index (χ1v) is 5.99. The smallest absolute Gasteiger partial charge is 0.348 e. The number of ether oxygens (including phenoxy) is 1. The van der Waals surface area contributed by atoms with Crippen molar-refractivity contribution in [3.05, 3.63) is 50.5 Å². The largest absolute Gasteiger partial charge is 0.545 e. The van der Waals surface area contributed by atoms with Gasteiger partial charge in [0.05, 0.1) is 7.11 Å². The zero-order valence-electron chi connectivity index (χ0n) is 9.78. The summed E-state index contributed by atoms with van der Waals surface area (Å²) in [7, 11) is 1.30. The highest BCUT2D eigenvalue weighted by Crippen LogP contribution is 2.30. The Morgan fingerprint density at radius 3 is 3.00 bits per heavy atom. The Balaban J connectivity index is 2.31. The third-order valence-corrected chi connectivity index (χ3v) is 3.13. The highest BCUT2D eigenvalue weighted by atomic mass is 32.1. The molecule has 0 bridgehead atoms. The van der Waals surface area contributed by atoms with Crippen molar-refractivity contribution in [2.45, 2.75) is 0 Å². The van der Waals surface area contributed by atoms with Gasteiger partial charge in [-0.25, -0.2) is 4.79 Å². The summed E-state index contributed by atoms with van der Waals surface area (Å²) in [6, 6.07) is 4.91. The molecule has 19 heavy (non-hydrogen) atoms. The van der Waals surface area contributed by atoms with Crippen LogP contribution in [0.3, 0.4) is 0 Å². The van der Waals surface area contributed by atoms with E-state index in [-0.39, 0.29) is 5.76 Å². The molecule has 0 saturated heterocycles. The van der Waals surface area contributed by atoms with Gasteiger partial charge >= 0.3 is 5.97 Å². The number of nitro groups is 1. The molecule has 0 amide bonds. The fourth-order valence-corrected chi connectivity index (χ4v) is 2.26. The number of carbonyl (C=O) groups excluding carboxylic acids is 1. The van der Waals surface area contributed by atoms with Crippen LogP contribution >= 0.6 is 11.3 Å². The highest BCUT2D eigenvalue weighted by molar-refractivity contribution is 7.12. The van der Waals surface area contributed by atoms with Gasteiger partial charge in [-0.15, -0.1) is 17.4 Å². The Labute approximate surface area is 112 Å². The summed E-state index contributed by atoms with van der Waals surface area (Å²) in [6.45, 7) is 0. The van der Waals surface area contributed by atoms with Crippen LogP contribution in [-0.2, 0) is 4.74 Å². The lowest BCUT2D eigenvalue weighted by Gasteiger charge is -2.00. The predicted molar refractivity (Wildman–Crippen MR) is 68.1 cm³/mol. The molecular weight excluding hydrogens is 270 g/mol. The molecule has 0 aliphatic rings. The molecule has 2 heterocycles. The first kappa shape index (κ1) is 13.0. The minimum absolute atomic E-state index is 0.286. The molecule has 0 radical (unpaired) electrons. The van der Waals surface area contributed by atoms with Crippen LogP contribution < -0.4 is 0 Å². The number of hydrogen-bond donors (Lipinski definition) is 0. The van der Waals surface area contributed by atoms with Gasteiger partial charge in [0, 0.05) is 5.56 Å². The molecule has 0 saturated carbocycles. The van der Waals surface area contributed by atoms with Crippen LogP contribution in [0.15, 0.2) is 28.0 Å². The van der Waals surface area contributed by atoms with Gasteiger partial charge in [0.1, 0.15) is 16.8 Å². The molecule has 0 atom stereocenters. The van der Waals surface area contributed by atoms with E-state index in [1.165, 1.54) is 18.4 Å². The molecule has 0 aliphatic carbocycles. The minimum Gasteiger partial charge on any atom is -0.545 e. The molecule has 7 heteroatoms. The molecule has 0 N–H and O–H groups in total. The van der Waals surface area contributed by atoms with E-state index in [2.05, 4.69) is 4.74 Å². The van der Waals surface area contributed by atoms with Gasteiger partial charge in [0.15, 0.2) is 0 Å². The Morgan fingerprint density at radius 1 is 1.53 bits per heavy atom. The first-order chi connectivity index (χ1) is 9.11. The van der Waals surface area contributed by atoms with E-state index in [0.29, 0.717) is 16.2 Å². The van der Waals surface area contributed by atoms with E-state index in [0.717, 1.165) is 6.08 Å². The fourth-order valence-electron chi connectivity index (χ4n) is 1.45. The normalized spacial score (nSPS) is 10.8. The van der Waals surface area contributed by atoms with Crippen LogP contribution in [0, 0.1) is 16.3 Å². The lowest BCUT2D eigenvalue weighted by molar-refractivity contribution is -0.417. The van der Waals surface area contributed by atoms with Crippen molar-refractivity contribution in [2.75, 3.05) is 7.11 Å². The maximum absolute atomic E-state index is 11.5. The van der Waals surface area contributed by atoms with E-state index in [1.807, 2.05) is 6.20 Å². The van der Waals surface area contributed by atoms with Gasteiger partial charge < -0.3 is 9.15 Å². The van der Waals surface area contributed by atoms with Crippen molar-refractivity contribution in [1.82, 2.24) is 0 Å². The van der Waals surface area contributed by atoms with Crippen molar-refractivity contribution >= 4 is 23.4 Å². The zero-order valence-corrected chi connectivity index (χ0v) is 10.6. The molecule has 6 nitrogen and oxygen atoms in total. The second-order valence-electron chi connectivity index (χ2n) is 3.39. The lowest BCUT2D eigenvalue weighted by atomic mass is 10.2. The summed E-state index contributed by atoms with van der Waals surface area (Å²) < 4.78 is 10.1. The lowest BCUT2D eigenvalue weighted by Crippen LogP contribution is -1.99. The van der Waals surface area contributed by atoms with Gasteiger partial charge in [-0.2, -0.15) is 0 Å². The van der Waals surface area contributed by atoms with E-state index >= 15 is 0 Å². The Morgan fingerprint density at radius 2 is 2.32 bits per heavy atom. The Kier molecular flexibility index (Phi) is 3.76. The van der Waals surface area contributed by atoms with E-state index in [4.69, 9.17) is 4.42 Å². The summed E-state index contributed by atoms with van der Waals surface area (Å²) in [4.78, 5) is 21.4. The third-order valence-electron chi connectivity index (χ3n) is 2.24. The highest BCUT2D eigenvalue weighted by Gasteiger charge is 2.16. The average molecular weight is 278 g/mol. The first-order valence-electron chi connectivity index (χ1n) is 5.11. The fraction of sp³-hybridized carbons (Fsp3) is 0.0833. The van der Waals surface area contributed by atoms with Crippen LogP contribution in [0.25, 0.3) is 17.4 Å². The van der Waals surface area contributed by atoms with Crippen LogP contribution in [0.4, 0.5) is 0 Å². The van der Waals surface area contributed by atoms with Crippen LogP contribution in [0.1, 0.15) is 15.4 Å². The van der Waals surface area contributed by atoms with Gasteiger partial charge in [-0.05, 0) is 28.2 Å². The molecule has 0 aliphatic heterocycles. The number of rotatable bonds is 4. The summed E-state index contributed by atoms with van der Waals surface area (Å²) in [6.07, 6.45) is 3.00. The number of thiophene rings is 1. The standard InChI is InChI=1S/C12H8NO5S/c1-17-12(14)11-9(5-7-19-11)10-3-2-8(18-10)4-6-13(15)16/h2-5,7H,1H3/q-1. The molecule has 0 aromatic carbocycles. The molecule has 0 spiro atoms. The number of hydrogen-bond acceptors (Lipinski definition) is 6. The van der Waals surface area contributed by atoms with Gasteiger partial charge in [0.2, 0.25) is 0 Å². The summed E-state index contributed by atoms with van der Waals surface area (Å²) in [5.41, 5.74) is 0.595. The molecule has 0 fully saturated rings. The third kappa shape index (κ3) is 2.89. The maximum Gasteiger partial charge on any atom is 0.348 e. The number of nitrogens with zero attached hydrogens (tertiary/aromatic N) is 1. The molecule has 2 rings (SSSR count). The zero-order chi connectivity index (χ0) is 13.8.